The summed E-state index contributed by atoms with van der Waals surface area (Å²) in [6, 6.07) is 0.801. The molecule has 8 heteroatoms. The van der Waals surface area contributed by atoms with Crippen LogP contribution in [0.15, 0.2) is 29.6 Å². The van der Waals surface area contributed by atoms with Gasteiger partial charge in [0.05, 0.1) is 22.9 Å². The minimum absolute atomic E-state index is 0.0831. The molecule has 0 saturated heterocycles. The molecule has 3 aromatic rings. The number of carboxylic acid groups (broad SMARTS) is 1. The third-order valence-electron chi connectivity index (χ3n) is 4.32. The average Bonchev–Trinajstić information content (AvgIpc) is 3.30. The predicted molar refractivity (Wildman–Crippen MR) is 85.2 cm³/mol. The molecule has 0 aliphatic heterocycles. The highest BCUT2D eigenvalue weighted by molar-refractivity contribution is 5.93. The van der Waals surface area contributed by atoms with Crippen LogP contribution in [0.4, 0.5) is 8.78 Å². The topological polar surface area (TPSA) is 77.1 Å². The van der Waals surface area contributed by atoms with E-state index in [0.717, 1.165) is 25.1 Å². The molecule has 1 fully saturated rings. The molecule has 128 valence electrons. The van der Waals surface area contributed by atoms with Crippen LogP contribution in [0.2, 0.25) is 0 Å². The maximum absolute atomic E-state index is 15.2. The first-order chi connectivity index (χ1) is 11.9. The van der Waals surface area contributed by atoms with Gasteiger partial charge in [-0.2, -0.15) is 0 Å². The van der Waals surface area contributed by atoms with Gasteiger partial charge in [0.25, 0.3) is 0 Å². The first-order valence-corrected chi connectivity index (χ1v) is 7.69. The van der Waals surface area contributed by atoms with Gasteiger partial charge in [-0.1, -0.05) is 0 Å². The van der Waals surface area contributed by atoms with Gasteiger partial charge in [0.1, 0.15) is 11.3 Å². The monoisotopic (exact) mass is 345 g/mol. The number of aromatic carboxylic acids is 1. The Morgan fingerprint density at radius 1 is 1.32 bits per heavy atom. The number of fused-ring (bicyclic) bond motifs is 1. The van der Waals surface area contributed by atoms with Gasteiger partial charge >= 0.3 is 5.97 Å². The van der Waals surface area contributed by atoms with Crippen molar-refractivity contribution in [1.82, 2.24) is 14.1 Å². The van der Waals surface area contributed by atoms with E-state index >= 15 is 4.39 Å². The Bertz CT molecular complexity index is 1100. The number of rotatable bonds is 3. The second-order valence-electron chi connectivity index (χ2n) is 6.15. The third-order valence-corrected chi connectivity index (χ3v) is 4.32. The summed E-state index contributed by atoms with van der Waals surface area (Å²) in [6.07, 6.45) is 5.39. The Balaban J connectivity index is 2.13. The van der Waals surface area contributed by atoms with E-state index in [-0.39, 0.29) is 22.6 Å². The molecule has 0 radical (unpaired) electrons. The van der Waals surface area contributed by atoms with E-state index in [0.29, 0.717) is 5.69 Å². The molecule has 6 nitrogen and oxygen atoms in total. The Morgan fingerprint density at radius 2 is 2.04 bits per heavy atom. The molecule has 4 rings (SSSR count). The van der Waals surface area contributed by atoms with Gasteiger partial charge in [-0.15, -0.1) is 0 Å². The summed E-state index contributed by atoms with van der Waals surface area (Å²) < 4.78 is 32.4. The van der Waals surface area contributed by atoms with Crippen molar-refractivity contribution in [1.29, 1.82) is 0 Å². The summed E-state index contributed by atoms with van der Waals surface area (Å²) in [6.45, 7) is 1.69. The van der Waals surface area contributed by atoms with Crippen molar-refractivity contribution in [3.8, 4) is 5.69 Å². The van der Waals surface area contributed by atoms with E-state index in [9.17, 15) is 19.1 Å². The van der Waals surface area contributed by atoms with Crippen LogP contribution >= 0.6 is 0 Å². The SMILES string of the molecule is Cc1cn(-c2c(F)cc3c(=O)c(C(=O)O)cn(C4CC4)c3c2F)cn1. The number of hydrogen-bond donors (Lipinski definition) is 1. The number of carboxylic acids is 1. The van der Waals surface area contributed by atoms with E-state index in [4.69, 9.17) is 0 Å². The predicted octanol–water partition coefficient (Wildman–Crippen LogP) is 2.81. The molecule has 0 unspecified atom stereocenters. The fraction of sp³-hybridized carbons (Fsp3) is 0.235. The molecule has 2 aromatic heterocycles. The summed E-state index contributed by atoms with van der Waals surface area (Å²) in [5.41, 5.74) is -1.24. The highest BCUT2D eigenvalue weighted by atomic mass is 19.1. The van der Waals surface area contributed by atoms with Crippen LogP contribution in [-0.4, -0.2) is 25.2 Å². The summed E-state index contributed by atoms with van der Waals surface area (Å²) >= 11 is 0. The fourth-order valence-corrected chi connectivity index (χ4v) is 3.00. The molecule has 1 N–H and O–H groups in total. The molecule has 1 aliphatic rings. The number of aromatic nitrogens is 3. The van der Waals surface area contributed by atoms with E-state index in [1.807, 2.05) is 0 Å². The van der Waals surface area contributed by atoms with Gasteiger partial charge in [-0.05, 0) is 25.8 Å². The largest absolute Gasteiger partial charge is 0.477 e. The highest BCUT2D eigenvalue weighted by Crippen LogP contribution is 2.38. The van der Waals surface area contributed by atoms with Crippen molar-refractivity contribution in [2.24, 2.45) is 0 Å². The quantitative estimate of drug-likeness (QED) is 0.792. The van der Waals surface area contributed by atoms with Gasteiger partial charge in [-0.3, -0.25) is 4.79 Å². The van der Waals surface area contributed by atoms with Crippen LogP contribution < -0.4 is 5.43 Å². The Labute approximate surface area is 140 Å². The molecule has 1 saturated carbocycles. The van der Waals surface area contributed by atoms with Crippen molar-refractivity contribution in [3.05, 3.63) is 57.9 Å². The Kier molecular flexibility index (Phi) is 3.24. The van der Waals surface area contributed by atoms with Crippen LogP contribution in [-0.2, 0) is 0 Å². The molecule has 1 aliphatic carbocycles. The summed E-state index contributed by atoms with van der Waals surface area (Å²) in [4.78, 5) is 27.6. The summed E-state index contributed by atoms with van der Waals surface area (Å²) in [7, 11) is 0. The summed E-state index contributed by atoms with van der Waals surface area (Å²) in [5.74, 6) is -3.28. The van der Waals surface area contributed by atoms with Crippen LogP contribution in [0, 0.1) is 18.6 Å². The zero-order valence-corrected chi connectivity index (χ0v) is 13.2. The van der Waals surface area contributed by atoms with Gasteiger partial charge in [-0.25, -0.2) is 18.6 Å². The normalized spacial score (nSPS) is 14.2. The van der Waals surface area contributed by atoms with Crippen LogP contribution in [0.1, 0.15) is 34.9 Å². The van der Waals surface area contributed by atoms with Gasteiger partial charge in [0, 0.05) is 18.4 Å². The second kappa shape index (κ2) is 5.23. The standard InChI is InChI=1S/C17H13F2N3O3/c1-8-5-21(7-20-8)15-12(18)4-10-14(13(15)19)22(9-2-3-9)6-11(16(10)23)17(24)25/h4-7,9H,2-3H2,1H3,(H,24,25). The van der Waals surface area contributed by atoms with Crippen molar-refractivity contribution < 1.29 is 18.7 Å². The lowest BCUT2D eigenvalue weighted by Gasteiger charge is -2.15. The van der Waals surface area contributed by atoms with E-state index < -0.39 is 28.6 Å². The minimum atomic E-state index is -1.42. The molecule has 0 bridgehead atoms. The number of aryl methyl sites for hydroxylation is 1. The maximum atomic E-state index is 15.2. The number of pyridine rings is 1. The smallest absolute Gasteiger partial charge is 0.341 e. The lowest BCUT2D eigenvalue weighted by atomic mass is 10.1. The number of carbonyl (C=O) groups is 1. The lowest BCUT2D eigenvalue weighted by molar-refractivity contribution is 0.0695. The molecule has 2 heterocycles. The van der Waals surface area contributed by atoms with Gasteiger partial charge in [0.2, 0.25) is 5.43 Å². The zero-order valence-electron chi connectivity index (χ0n) is 13.2. The fourth-order valence-electron chi connectivity index (χ4n) is 3.00. The van der Waals surface area contributed by atoms with Crippen LogP contribution in [0.5, 0.6) is 0 Å². The average molecular weight is 345 g/mol. The first-order valence-electron chi connectivity index (χ1n) is 7.69. The number of imidazole rings is 1. The first kappa shape index (κ1) is 15.5. The molecular formula is C17H13F2N3O3. The van der Waals surface area contributed by atoms with Crippen molar-refractivity contribution in [3.63, 3.8) is 0 Å². The Morgan fingerprint density at radius 3 is 2.60 bits per heavy atom. The molecule has 0 atom stereocenters. The van der Waals surface area contributed by atoms with Gasteiger partial charge < -0.3 is 14.2 Å². The molecular weight excluding hydrogens is 332 g/mol. The van der Waals surface area contributed by atoms with Crippen molar-refractivity contribution in [2.45, 2.75) is 25.8 Å². The molecule has 0 spiro atoms. The molecule has 25 heavy (non-hydrogen) atoms. The third kappa shape index (κ3) is 2.33. The van der Waals surface area contributed by atoms with E-state index in [1.165, 1.54) is 21.7 Å². The number of hydrogen-bond acceptors (Lipinski definition) is 3. The maximum Gasteiger partial charge on any atom is 0.341 e. The summed E-state index contributed by atoms with van der Waals surface area (Å²) in [5, 5.41) is 8.94. The van der Waals surface area contributed by atoms with Gasteiger partial charge in [0.15, 0.2) is 11.6 Å². The Hall–Kier alpha value is -3.03. The minimum Gasteiger partial charge on any atom is -0.477 e. The molecule has 1 aromatic carbocycles. The van der Waals surface area contributed by atoms with Crippen molar-refractivity contribution >= 4 is 16.9 Å². The van der Waals surface area contributed by atoms with Crippen LogP contribution in [0.3, 0.4) is 0 Å². The molecule has 0 amide bonds. The van der Waals surface area contributed by atoms with Crippen LogP contribution in [0.25, 0.3) is 16.6 Å². The lowest BCUT2D eigenvalue weighted by Crippen LogP contribution is -2.20. The zero-order chi connectivity index (χ0) is 17.9. The van der Waals surface area contributed by atoms with Crippen molar-refractivity contribution in [2.75, 3.05) is 0 Å². The second-order valence-corrected chi connectivity index (χ2v) is 6.15. The number of nitrogens with zero attached hydrogens (tertiary/aromatic N) is 3. The van der Waals surface area contributed by atoms with E-state index in [2.05, 4.69) is 4.98 Å². The number of halogens is 2. The highest BCUT2D eigenvalue weighted by Gasteiger charge is 2.30. The van der Waals surface area contributed by atoms with E-state index in [1.54, 1.807) is 6.92 Å². The number of benzene rings is 1.